The fourth-order valence-electron chi connectivity index (χ4n) is 2.89. The van der Waals surface area contributed by atoms with Crippen molar-refractivity contribution < 1.29 is 4.79 Å². The number of pyridine rings is 1. The highest BCUT2D eigenvalue weighted by atomic mass is 16.1. The van der Waals surface area contributed by atoms with E-state index in [1.54, 1.807) is 0 Å². The fraction of sp³-hybridized carbons (Fsp3) is 0.294. The van der Waals surface area contributed by atoms with Crippen molar-refractivity contribution in [1.82, 2.24) is 10.3 Å². The standard InChI is InChI=1S/C17H19N3O2/c1-20-9-8-12(14-4-2-3-5-15(14)20)10-19-17(22)13-6-7-16(21)18-11-13/h2-7,11-12H,8-10H2,1H3,(H,18,21)(H,19,22). The van der Waals surface area contributed by atoms with Crippen LogP contribution in [0, 0.1) is 0 Å². The first-order chi connectivity index (χ1) is 10.6. The summed E-state index contributed by atoms with van der Waals surface area (Å²) in [7, 11) is 2.09. The molecular formula is C17H19N3O2. The van der Waals surface area contributed by atoms with Crippen molar-refractivity contribution in [2.75, 3.05) is 25.0 Å². The molecule has 0 fully saturated rings. The summed E-state index contributed by atoms with van der Waals surface area (Å²) in [6.45, 7) is 1.58. The van der Waals surface area contributed by atoms with Gasteiger partial charge >= 0.3 is 0 Å². The first-order valence-electron chi connectivity index (χ1n) is 7.42. The van der Waals surface area contributed by atoms with Crippen LogP contribution < -0.4 is 15.8 Å². The topological polar surface area (TPSA) is 65.2 Å². The number of nitrogens with zero attached hydrogens (tertiary/aromatic N) is 1. The van der Waals surface area contributed by atoms with Gasteiger partial charge in [-0.15, -0.1) is 0 Å². The Bertz CT molecular complexity index is 718. The Morgan fingerprint density at radius 1 is 1.32 bits per heavy atom. The third-order valence-corrected chi connectivity index (χ3v) is 4.16. The van der Waals surface area contributed by atoms with E-state index in [0.717, 1.165) is 13.0 Å². The first-order valence-corrected chi connectivity index (χ1v) is 7.42. The SMILES string of the molecule is CN1CCC(CNC(=O)c2ccc(=O)[nH]c2)c2ccccc21. The molecule has 0 spiro atoms. The lowest BCUT2D eigenvalue weighted by atomic mass is 9.90. The monoisotopic (exact) mass is 297 g/mol. The van der Waals surface area contributed by atoms with Crippen LogP contribution in [0.25, 0.3) is 0 Å². The molecule has 2 N–H and O–H groups in total. The minimum atomic E-state index is -0.208. The molecule has 3 rings (SSSR count). The van der Waals surface area contributed by atoms with Crippen LogP contribution in [0.2, 0.25) is 0 Å². The molecule has 22 heavy (non-hydrogen) atoms. The van der Waals surface area contributed by atoms with E-state index in [0.29, 0.717) is 18.0 Å². The van der Waals surface area contributed by atoms with Crippen LogP contribution in [0.5, 0.6) is 0 Å². The number of rotatable bonds is 3. The smallest absolute Gasteiger partial charge is 0.252 e. The second-order valence-corrected chi connectivity index (χ2v) is 5.62. The summed E-state index contributed by atoms with van der Waals surface area (Å²) in [5.74, 6) is 0.159. The van der Waals surface area contributed by atoms with E-state index in [2.05, 4.69) is 34.4 Å². The number of anilines is 1. The van der Waals surface area contributed by atoms with Gasteiger partial charge in [0, 0.05) is 44.0 Å². The Labute approximate surface area is 129 Å². The number of amides is 1. The Kier molecular flexibility index (Phi) is 3.96. The highest BCUT2D eigenvalue weighted by Crippen LogP contribution is 2.33. The lowest BCUT2D eigenvalue weighted by Gasteiger charge is -2.33. The number of para-hydroxylation sites is 1. The van der Waals surface area contributed by atoms with Gasteiger partial charge in [-0.05, 0) is 24.1 Å². The summed E-state index contributed by atoms with van der Waals surface area (Å²) < 4.78 is 0. The summed E-state index contributed by atoms with van der Waals surface area (Å²) in [6, 6.07) is 11.2. The van der Waals surface area contributed by atoms with E-state index < -0.39 is 0 Å². The van der Waals surface area contributed by atoms with Crippen molar-refractivity contribution in [3.05, 3.63) is 64.1 Å². The van der Waals surface area contributed by atoms with Gasteiger partial charge in [0.2, 0.25) is 5.56 Å². The Hall–Kier alpha value is -2.56. The number of H-pyrrole nitrogens is 1. The largest absolute Gasteiger partial charge is 0.374 e. The average Bonchev–Trinajstić information content (AvgIpc) is 2.55. The van der Waals surface area contributed by atoms with Gasteiger partial charge in [0.05, 0.1) is 5.56 Å². The van der Waals surface area contributed by atoms with E-state index in [1.165, 1.54) is 29.6 Å². The van der Waals surface area contributed by atoms with Crippen molar-refractivity contribution in [3.8, 4) is 0 Å². The number of nitrogens with one attached hydrogen (secondary N) is 2. The van der Waals surface area contributed by atoms with Gasteiger partial charge in [0.15, 0.2) is 0 Å². The Morgan fingerprint density at radius 3 is 2.91 bits per heavy atom. The Morgan fingerprint density at radius 2 is 2.14 bits per heavy atom. The van der Waals surface area contributed by atoms with Crippen LogP contribution in [0.15, 0.2) is 47.4 Å². The van der Waals surface area contributed by atoms with Gasteiger partial charge in [-0.25, -0.2) is 0 Å². The molecule has 0 saturated heterocycles. The highest BCUT2D eigenvalue weighted by Gasteiger charge is 2.23. The van der Waals surface area contributed by atoms with E-state index in [4.69, 9.17) is 0 Å². The zero-order valence-electron chi connectivity index (χ0n) is 12.5. The predicted octanol–water partition coefficient (Wildman–Crippen LogP) is 1.73. The molecule has 1 aromatic heterocycles. The van der Waals surface area contributed by atoms with Crippen LogP contribution in [0.4, 0.5) is 5.69 Å². The van der Waals surface area contributed by atoms with E-state index >= 15 is 0 Å². The second-order valence-electron chi connectivity index (χ2n) is 5.62. The Balaban J connectivity index is 1.69. The summed E-state index contributed by atoms with van der Waals surface area (Å²) >= 11 is 0. The molecule has 2 aromatic rings. The minimum absolute atomic E-state index is 0.160. The molecule has 1 aliphatic rings. The van der Waals surface area contributed by atoms with E-state index in [-0.39, 0.29) is 11.5 Å². The number of fused-ring (bicyclic) bond motifs is 1. The van der Waals surface area contributed by atoms with Gasteiger partial charge in [-0.1, -0.05) is 18.2 Å². The van der Waals surface area contributed by atoms with Crippen molar-refractivity contribution in [2.24, 2.45) is 0 Å². The van der Waals surface area contributed by atoms with E-state index in [9.17, 15) is 9.59 Å². The van der Waals surface area contributed by atoms with Crippen LogP contribution in [-0.4, -0.2) is 31.0 Å². The van der Waals surface area contributed by atoms with Crippen molar-refractivity contribution in [3.63, 3.8) is 0 Å². The maximum atomic E-state index is 12.1. The summed E-state index contributed by atoms with van der Waals surface area (Å²) in [5, 5.41) is 2.96. The molecule has 1 aliphatic heterocycles. The summed E-state index contributed by atoms with van der Waals surface area (Å²) in [5.41, 5.74) is 2.77. The minimum Gasteiger partial charge on any atom is -0.374 e. The van der Waals surface area contributed by atoms with Gasteiger partial charge in [0.1, 0.15) is 0 Å². The van der Waals surface area contributed by atoms with Crippen LogP contribution >= 0.6 is 0 Å². The number of benzene rings is 1. The molecule has 2 heterocycles. The van der Waals surface area contributed by atoms with Crippen molar-refractivity contribution in [2.45, 2.75) is 12.3 Å². The molecule has 0 radical (unpaired) electrons. The number of hydrogen-bond acceptors (Lipinski definition) is 3. The molecule has 5 nitrogen and oxygen atoms in total. The highest BCUT2D eigenvalue weighted by molar-refractivity contribution is 5.93. The quantitative estimate of drug-likeness (QED) is 0.907. The number of carbonyl (C=O) groups excluding carboxylic acids is 1. The lowest BCUT2D eigenvalue weighted by molar-refractivity contribution is 0.0950. The van der Waals surface area contributed by atoms with Gasteiger partial charge in [0.25, 0.3) is 5.91 Å². The fourth-order valence-corrected chi connectivity index (χ4v) is 2.89. The van der Waals surface area contributed by atoms with Gasteiger partial charge in [-0.2, -0.15) is 0 Å². The molecule has 0 saturated carbocycles. The van der Waals surface area contributed by atoms with Crippen LogP contribution in [0.1, 0.15) is 28.3 Å². The van der Waals surface area contributed by atoms with Crippen LogP contribution in [0.3, 0.4) is 0 Å². The zero-order chi connectivity index (χ0) is 15.5. The van der Waals surface area contributed by atoms with Gasteiger partial charge < -0.3 is 15.2 Å². The summed E-state index contributed by atoms with van der Waals surface area (Å²) in [4.78, 5) is 27.9. The third-order valence-electron chi connectivity index (χ3n) is 4.16. The molecular weight excluding hydrogens is 278 g/mol. The maximum Gasteiger partial charge on any atom is 0.252 e. The molecule has 1 atom stereocenters. The van der Waals surface area contributed by atoms with Crippen LogP contribution in [-0.2, 0) is 0 Å². The summed E-state index contributed by atoms with van der Waals surface area (Å²) in [6.07, 6.45) is 2.46. The molecule has 1 unspecified atom stereocenters. The molecule has 0 aliphatic carbocycles. The van der Waals surface area contributed by atoms with E-state index in [1.807, 2.05) is 12.1 Å². The molecule has 5 heteroatoms. The number of hydrogen-bond donors (Lipinski definition) is 2. The predicted molar refractivity (Wildman–Crippen MR) is 86.5 cm³/mol. The molecule has 114 valence electrons. The third kappa shape index (κ3) is 2.88. The normalized spacial score (nSPS) is 17.0. The first kappa shape index (κ1) is 14.4. The number of aromatic nitrogens is 1. The molecule has 0 bridgehead atoms. The molecule has 1 amide bonds. The van der Waals surface area contributed by atoms with Gasteiger partial charge in [-0.3, -0.25) is 9.59 Å². The zero-order valence-corrected chi connectivity index (χ0v) is 12.5. The second kappa shape index (κ2) is 6.05. The van der Waals surface area contributed by atoms with Crippen molar-refractivity contribution in [1.29, 1.82) is 0 Å². The average molecular weight is 297 g/mol. The lowest BCUT2D eigenvalue weighted by Crippen LogP contribution is -2.34. The molecule has 1 aromatic carbocycles. The maximum absolute atomic E-state index is 12.1. The number of carbonyl (C=O) groups is 1. The van der Waals surface area contributed by atoms with Crippen molar-refractivity contribution >= 4 is 11.6 Å². The number of aromatic amines is 1.